The van der Waals surface area contributed by atoms with Crippen LogP contribution in [0.4, 0.5) is 5.82 Å². The van der Waals surface area contributed by atoms with E-state index in [-0.39, 0.29) is 11.4 Å². The van der Waals surface area contributed by atoms with Crippen molar-refractivity contribution in [2.75, 3.05) is 18.4 Å². The van der Waals surface area contributed by atoms with Crippen LogP contribution in [0.2, 0.25) is 0 Å². The zero-order chi connectivity index (χ0) is 16.1. The second-order valence-electron chi connectivity index (χ2n) is 6.99. The topological polar surface area (TPSA) is 83.9 Å². The van der Waals surface area contributed by atoms with Crippen LogP contribution in [0.3, 0.4) is 0 Å². The fourth-order valence-corrected chi connectivity index (χ4v) is 4.81. The molecule has 2 fully saturated rings. The Hall–Kier alpha value is -2.09. The maximum atomic E-state index is 12.6. The summed E-state index contributed by atoms with van der Waals surface area (Å²) in [6, 6.07) is 0. The van der Waals surface area contributed by atoms with Gasteiger partial charge in [0.1, 0.15) is 17.0 Å². The zero-order valence-corrected chi connectivity index (χ0v) is 14.1. The van der Waals surface area contributed by atoms with Crippen molar-refractivity contribution in [3.8, 4) is 0 Å². The van der Waals surface area contributed by atoms with E-state index in [9.17, 15) is 4.79 Å². The van der Waals surface area contributed by atoms with Gasteiger partial charge in [-0.15, -0.1) is 5.10 Å². The fraction of sp³-hybridized carbons (Fsp3) is 0.562. The van der Waals surface area contributed by atoms with E-state index < -0.39 is 0 Å². The van der Waals surface area contributed by atoms with E-state index in [0.717, 1.165) is 51.0 Å². The molecule has 1 saturated carbocycles. The van der Waals surface area contributed by atoms with Gasteiger partial charge in [-0.05, 0) is 43.6 Å². The molecule has 1 N–H and O–H groups in total. The number of nitrogens with one attached hydrogen (secondary N) is 1. The number of aryl methyl sites for hydroxylation is 1. The number of carbonyl (C=O) groups excluding carboxylic acids is 1. The first-order valence-electron chi connectivity index (χ1n) is 8.43. The van der Waals surface area contributed by atoms with E-state index in [0.29, 0.717) is 10.8 Å². The Morgan fingerprint density at radius 1 is 1.38 bits per heavy atom. The van der Waals surface area contributed by atoms with Gasteiger partial charge >= 0.3 is 0 Å². The third kappa shape index (κ3) is 2.05. The van der Waals surface area contributed by atoms with E-state index in [1.54, 1.807) is 12.5 Å². The molecule has 3 aliphatic rings. The molecule has 2 aromatic heterocycles. The van der Waals surface area contributed by atoms with Gasteiger partial charge in [0, 0.05) is 30.3 Å². The number of nitrogens with zero attached hydrogens (tertiary/aromatic N) is 5. The maximum absolute atomic E-state index is 12.6. The van der Waals surface area contributed by atoms with Crippen molar-refractivity contribution in [2.45, 2.75) is 37.6 Å². The van der Waals surface area contributed by atoms with Gasteiger partial charge in [0.05, 0.1) is 11.7 Å². The second kappa shape index (κ2) is 5.20. The van der Waals surface area contributed by atoms with Gasteiger partial charge in [0.25, 0.3) is 5.91 Å². The van der Waals surface area contributed by atoms with Gasteiger partial charge in [0.2, 0.25) is 0 Å². The molecule has 1 amide bonds. The molecule has 7 nitrogen and oxygen atoms in total. The number of aromatic nitrogens is 4. The molecule has 3 heterocycles. The standard InChI is InChI=1S/C16H18N6OS/c23-15(13-6-19-21-24-13)22-7-10-4-5-16(10,8-22)20-14-11-2-1-3-12(11)17-9-18-14/h6,9-10H,1-5,7-8H2,(H,17,18,20). The molecule has 0 bridgehead atoms. The van der Waals surface area contributed by atoms with Crippen LogP contribution in [0.1, 0.15) is 40.2 Å². The Kier molecular flexibility index (Phi) is 3.09. The van der Waals surface area contributed by atoms with Gasteiger partial charge in [-0.3, -0.25) is 4.79 Å². The predicted molar refractivity (Wildman–Crippen MR) is 88.9 cm³/mol. The van der Waals surface area contributed by atoms with Gasteiger partial charge < -0.3 is 10.2 Å². The fourth-order valence-electron chi connectivity index (χ4n) is 4.32. The molecule has 5 rings (SSSR count). The van der Waals surface area contributed by atoms with Gasteiger partial charge in [-0.25, -0.2) is 9.97 Å². The van der Waals surface area contributed by atoms with Crippen molar-refractivity contribution in [1.29, 1.82) is 0 Å². The lowest BCUT2D eigenvalue weighted by Gasteiger charge is -2.45. The monoisotopic (exact) mass is 342 g/mol. The number of hydrogen-bond donors (Lipinski definition) is 1. The number of likely N-dealkylation sites (tertiary alicyclic amines) is 1. The predicted octanol–water partition coefficient (Wildman–Crippen LogP) is 1.53. The molecule has 2 aromatic rings. The lowest BCUT2D eigenvalue weighted by atomic mass is 9.69. The molecule has 0 radical (unpaired) electrons. The molecule has 2 unspecified atom stereocenters. The summed E-state index contributed by atoms with van der Waals surface area (Å²) >= 11 is 1.17. The van der Waals surface area contributed by atoms with Crippen LogP contribution >= 0.6 is 11.5 Å². The molecule has 2 atom stereocenters. The number of rotatable bonds is 3. The van der Waals surface area contributed by atoms with Crippen molar-refractivity contribution < 1.29 is 4.79 Å². The summed E-state index contributed by atoms with van der Waals surface area (Å²) in [5.41, 5.74) is 2.42. The minimum atomic E-state index is -0.0293. The van der Waals surface area contributed by atoms with E-state index in [2.05, 4.69) is 24.9 Å². The normalized spacial score (nSPS) is 27.5. The highest BCUT2D eigenvalue weighted by atomic mass is 32.1. The SMILES string of the molecule is O=C(c1cnns1)N1CC2CCC2(Nc2ncnc3c2CCC3)C1. The summed E-state index contributed by atoms with van der Waals surface area (Å²) in [6.45, 7) is 1.53. The van der Waals surface area contributed by atoms with E-state index in [4.69, 9.17) is 0 Å². The van der Waals surface area contributed by atoms with Crippen molar-refractivity contribution in [3.05, 3.63) is 28.7 Å². The Morgan fingerprint density at radius 3 is 3.12 bits per heavy atom. The minimum absolute atomic E-state index is 0.0293. The van der Waals surface area contributed by atoms with E-state index in [1.165, 1.54) is 22.8 Å². The maximum Gasteiger partial charge on any atom is 0.267 e. The quantitative estimate of drug-likeness (QED) is 0.911. The number of amides is 1. The first-order valence-corrected chi connectivity index (χ1v) is 9.20. The summed E-state index contributed by atoms with van der Waals surface area (Å²) in [7, 11) is 0. The van der Waals surface area contributed by atoms with Gasteiger partial charge in [-0.1, -0.05) is 4.49 Å². The van der Waals surface area contributed by atoms with Crippen molar-refractivity contribution >= 4 is 23.3 Å². The lowest BCUT2D eigenvalue weighted by molar-refractivity contribution is 0.0791. The smallest absolute Gasteiger partial charge is 0.267 e. The molecule has 1 saturated heterocycles. The molecule has 8 heteroatoms. The average Bonchev–Trinajstić information content (AvgIpc) is 3.30. The molecular formula is C16H18N6OS. The highest BCUT2D eigenvalue weighted by Crippen LogP contribution is 2.47. The Bertz CT molecular complexity index is 794. The number of anilines is 1. The number of fused-ring (bicyclic) bond motifs is 2. The first-order chi connectivity index (χ1) is 11.8. The minimum Gasteiger partial charge on any atom is -0.362 e. The highest BCUT2D eigenvalue weighted by molar-refractivity contribution is 7.07. The molecule has 1 aliphatic heterocycles. The Morgan fingerprint density at radius 2 is 2.33 bits per heavy atom. The molecule has 0 spiro atoms. The average molecular weight is 342 g/mol. The van der Waals surface area contributed by atoms with E-state index >= 15 is 0 Å². The number of hydrogen-bond acceptors (Lipinski definition) is 7. The third-order valence-electron chi connectivity index (χ3n) is 5.74. The van der Waals surface area contributed by atoms with Gasteiger partial charge in [-0.2, -0.15) is 0 Å². The van der Waals surface area contributed by atoms with E-state index in [1.807, 2.05) is 4.90 Å². The van der Waals surface area contributed by atoms with Crippen molar-refractivity contribution in [1.82, 2.24) is 24.5 Å². The second-order valence-corrected chi connectivity index (χ2v) is 7.77. The van der Waals surface area contributed by atoms with Crippen LogP contribution in [-0.2, 0) is 12.8 Å². The largest absolute Gasteiger partial charge is 0.362 e. The molecule has 2 aliphatic carbocycles. The molecular weight excluding hydrogens is 324 g/mol. The highest BCUT2D eigenvalue weighted by Gasteiger charge is 2.54. The summed E-state index contributed by atoms with van der Waals surface area (Å²) in [6.07, 6.45) is 8.72. The first kappa shape index (κ1) is 14.3. The summed E-state index contributed by atoms with van der Waals surface area (Å²) in [5.74, 6) is 1.53. The Balaban J connectivity index is 1.39. The van der Waals surface area contributed by atoms with Crippen LogP contribution in [0.5, 0.6) is 0 Å². The molecule has 0 aromatic carbocycles. The molecule has 124 valence electrons. The van der Waals surface area contributed by atoms with Crippen LogP contribution in [0.15, 0.2) is 12.5 Å². The van der Waals surface area contributed by atoms with Crippen LogP contribution in [-0.4, -0.2) is 49.0 Å². The zero-order valence-electron chi connectivity index (χ0n) is 13.2. The summed E-state index contributed by atoms with van der Waals surface area (Å²) in [5, 5.41) is 7.49. The Labute approximate surface area is 143 Å². The van der Waals surface area contributed by atoms with Crippen LogP contribution in [0.25, 0.3) is 0 Å². The molecule has 24 heavy (non-hydrogen) atoms. The summed E-state index contributed by atoms with van der Waals surface area (Å²) < 4.78 is 3.80. The van der Waals surface area contributed by atoms with Crippen molar-refractivity contribution in [2.24, 2.45) is 5.92 Å². The van der Waals surface area contributed by atoms with Crippen molar-refractivity contribution in [3.63, 3.8) is 0 Å². The summed E-state index contributed by atoms with van der Waals surface area (Å²) in [4.78, 5) is 24.1. The van der Waals surface area contributed by atoms with Crippen LogP contribution in [0, 0.1) is 5.92 Å². The number of carbonyl (C=O) groups is 1. The lowest BCUT2D eigenvalue weighted by Crippen LogP contribution is -2.53. The van der Waals surface area contributed by atoms with Crippen LogP contribution < -0.4 is 5.32 Å². The van der Waals surface area contributed by atoms with Gasteiger partial charge in [0.15, 0.2) is 0 Å². The third-order valence-corrected chi connectivity index (χ3v) is 6.39.